The van der Waals surface area contributed by atoms with Gasteiger partial charge < -0.3 is 9.84 Å². The Morgan fingerprint density at radius 1 is 1.18 bits per heavy atom. The number of benzene rings is 2. The SMILES string of the molecule is CC(=O)N(NCc1cccc(F)c1Cl)[C@@H](CNCC(F)F)CON(C=O)c1cc(-c2cccc(F)c2)no1. The third-order valence-corrected chi connectivity index (χ3v) is 5.61. The van der Waals surface area contributed by atoms with Gasteiger partial charge in [-0.15, -0.1) is 0 Å². The largest absolute Gasteiger partial charge is 0.335 e. The zero-order valence-corrected chi connectivity index (χ0v) is 20.8. The molecule has 0 unspecified atom stereocenters. The number of hydrazine groups is 1. The third-order valence-electron chi connectivity index (χ3n) is 5.19. The van der Waals surface area contributed by atoms with Crippen LogP contribution in [0.15, 0.2) is 53.1 Å². The molecule has 1 atom stereocenters. The van der Waals surface area contributed by atoms with Crippen molar-refractivity contribution in [2.75, 3.05) is 24.8 Å². The molecule has 0 aliphatic heterocycles. The molecule has 3 aromatic rings. The number of anilines is 1. The van der Waals surface area contributed by atoms with Crippen LogP contribution in [-0.4, -0.2) is 54.6 Å². The number of nitrogens with one attached hydrogen (secondary N) is 2. The Balaban J connectivity index is 1.74. The van der Waals surface area contributed by atoms with Gasteiger partial charge in [-0.05, 0) is 23.8 Å². The van der Waals surface area contributed by atoms with E-state index in [0.717, 1.165) is 5.01 Å². The molecule has 9 nitrogen and oxygen atoms in total. The van der Waals surface area contributed by atoms with Crippen molar-refractivity contribution in [1.82, 2.24) is 20.9 Å². The quantitative estimate of drug-likeness (QED) is 0.176. The van der Waals surface area contributed by atoms with Crippen molar-refractivity contribution in [1.29, 1.82) is 0 Å². The summed E-state index contributed by atoms with van der Waals surface area (Å²) in [5.41, 5.74) is 3.77. The van der Waals surface area contributed by atoms with Gasteiger partial charge in [0.2, 0.25) is 12.3 Å². The number of halogens is 5. The lowest BCUT2D eigenvalue weighted by molar-refractivity contribution is -0.137. The van der Waals surface area contributed by atoms with Crippen LogP contribution in [-0.2, 0) is 21.0 Å². The molecular weight excluding hydrogens is 534 g/mol. The van der Waals surface area contributed by atoms with Gasteiger partial charge in [0.1, 0.15) is 17.3 Å². The molecule has 0 radical (unpaired) electrons. The van der Waals surface area contributed by atoms with Gasteiger partial charge >= 0.3 is 0 Å². The van der Waals surface area contributed by atoms with E-state index in [1.807, 2.05) is 0 Å². The van der Waals surface area contributed by atoms with Crippen LogP contribution in [0.3, 0.4) is 0 Å². The van der Waals surface area contributed by atoms with Crippen LogP contribution in [0.25, 0.3) is 11.3 Å². The minimum atomic E-state index is -2.65. The predicted octanol–water partition coefficient (Wildman–Crippen LogP) is 3.94. The fourth-order valence-electron chi connectivity index (χ4n) is 3.40. The summed E-state index contributed by atoms with van der Waals surface area (Å²) in [6.45, 7) is -0.0358. The molecule has 0 saturated carbocycles. The smallest absolute Gasteiger partial charge is 0.258 e. The number of nitrogens with zero attached hydrogens (tertiary/aromatic N) is 3. The molecule has 0 aliphatic carbocycles. The molecule has 2 N–H and O–H groups in total. The Morgan fingerprint density at radius 2 is 1.95 bits per heavy atom. The van der Waals surface area contributed by atoms with Crippen LogP contribution in [0.2, 0.25) is 5.02 Å². The maximum atomic E-state index is 13.8. The minimum Gasteiger partial charge on any atom is -0.335 e. The summed E-state index contributed by atoms with van der Waals surface area (Å²) in [5.74, 6) is -1.81. The van der Waals surface area contributed by atoms with E-state index < -0.39 is 36.6 Å². The van der Waals surface area contributed by atoms with Gasteiger partial charge in [0.15, 0.2) is 0 Å². The average Bonchev–Trinajstić information content (AvgIpc) is 3.36. The minimum absolute atomic E-state index is 0.0714. The van der Waals surface area contributed by atoms with Crippen LogP contribution in [0, 0.1) is 11.6 Å². The van der Waals surface area contributed by atoms with E-state index in [-0.39, 0.29) is 42.7 Å². The maximum absolute atomic E-state index is 13.8. The zero-order valence-electron chi connectivity index (χ0n) is 20.0. The number of alkyl halides is 2. The lowest BCUT2D eigenvalue weighted by Crippen LogP contribution is -2.55. The van der Waals surface area contributed by atoms with Gasteiger partial charge in [0.05, 0.1) is 24.2 Å². The molecule has 1 heterocycles. The number of carbonyl (C=O) groups excluding carboxylic acids is 2. The van der Waals surface area contributed by atoms with E-state index in [2.05, 4.69) is 15.9 Å². The summed E-state index contributed by atoms with van der Waals surface area (Å²) < 4.78 is 57.9. The van der Waals surface area contributed by atoms with Crippen LogP contribution >= 0.6 is 11.6 Å². The van der Waals surface area contributed by atoms with Gasteiger partial charge in [0, 0.05) is 31.6 Å². The number of hydroxylamine groups is 1. The highest BCUT2D eigenvalue weighted by Crippen LogP contribution is 2.25. The standard InChI is InChI=1S/C24H24ClF4N5O4/c1-15(36)34(31-10-17-5-3-7-20(27)24(17)25)19(11-30-12-22(28)29)13-37-33(14-35)23-9-21(32-38-23)16-4-2-6-18(26)8-16/h2-9,14,19,22,30-31H,10-13H2,1H3/t19-/m0/s1. The Labute approximate surface area is 220 Å². The first-order chi connectivity index (χ1) is 18.2. The van der Waals surface area contributed by atoms with Crippen molar-refractivity contribution < 1.29 is 36.5 Å². The normalized spacial score (nSPS) is 12.0. The molecule has 0 bridgehead atoms. The van der Waals surface area contributed by atoms with Gasteiger partial charge in [0.25, 0.3) is 12.3 Å². The topological polar surface area (TPSA) is 99.9 Å². The predicted molar refractivity (Wildman–Crippen MR) is 130 cm³/mol. The molecule has 2 aromatic carbocycles. The lowest BCUT2D eigenvalue weighted by Gasteiger charge is -2.32. The number of aromatic nitrogens is 1. The molecule has 1 aromatic heterocycles. The molecule has 204 valence electrons. The molecule has 0 fully saturated rings. The molecule has 2 amide bonds. The zero-order chi connectivity index (χ0) is 27.7. The molecule has 14 heteroatoms. The van der Waals surface area contributed by atoms with Crippen LogP contribution in [0.4, 0.5) is 23.4 Å². The van der Waals surface area contributed by atoms with Crippen molar-refractivity contribution in [3.05, 3.63) is 70.8 Å². The van der Waals surface area contributed by atoms with Gasteiger partial charge in [-0.1, -0.05) is 41.0 Å². The van der Waals surface area contributed by atoms with E-state index in [4.69, 9.17) is 21.0 Å². The Kier molecular flexibility index (Phi) is 10.6. The summed E-state index contributed by atoms with van der Waals surface area (Å²) in [6, 6.07) is 10.1. The number of hydrogen-bond donors (Lipinski definition) is 2. The molecule has 38 heavy (non-hydrogen) atoms. The molecular formula is C24H24ClF4N5O4. The molecule has 3 rings (SSSR count). The first kappa shape index (κ1) is 29.0. The second-order valence-electron chi connectivity index (χ2n) is 7.93. The van der Waals surface area contributed by atoms with Gasteiger partial charge in [-0.25, -0.2) is 23.0 Å². The van der Waals surface area contributed by atoms with Crippen LogP contribution in [0.1, 0.15) is 12.5 Å². The fourth-order valence-corrected chi connectivity index (χ4v) is 3.60. The molecule has 0 spiro atoms. The Bertz CT molecular complexity index is 1230. The van der Waals surface area contributed by atoms with Crippen LogP contribution < -0.4 is 15.8 Å². The van der Waals surface area contributed by atoms with E-state index in [9.17, 15) is 27.2 Å². The molecule has 0 saturated heterocycles. The van der Waals surface area contributed by atoms with Crippen molar-refractivity contribution in [3.8, 4) is 11.3 Å². The van der Waals surface area contributed by atoms with E-state index in [1.165, 1.54) is 43.3 Å². The van der Waals surface area contributed by atoms with Crippen molar-refractivity contribution in [2.45, 2.75) is 25.9 Å². The number of carbonyl (C=O) groups is 2. The van der Waals surface area contributed by atoms with E-state index >= 15 is 0 Å². The highest BCUT2D eigenvalue weighted by molar-refractivity contribution is 6.31. The average molecular weight is 558 g/mol. The first-order valence-corrected chi connectivity index (χ1v) is 11.6. The summed E-state index contributed by atoms with van der Waals surface area (Å²) in [6.07, 6.45) is -2.37. The highest BCUT2D eigenvalue weighted by atomic mass is 35.5. The summed E-state index contributed by atoms with van der Waals surface area (Å²) in [7, 11) is 0. The van der Waals surface area contributed by atoms with Crippen LogP contribution in [0.5, 0.6) is 0 Å². The number of hydrogen-bond acceptors (Lipinski definition) is 7. The number of amides is 2. The monoisotopic (exact) mass is 557 g/mol. The summed E-state index contributed by atoms with van der Waals surface area (Å²) in [5, 5.41) is 7.97. The molecule has 0 aliphatic rings. The fraction of sp³-hybridized carbons (Fsp3) is 0.292. The summed E-state index contributed by atoms with van der Waals surface area (Å²) in [4.78, 5) is 29.6. The van der Waals surface area contributed by atoms with Crippen molar-refractivity contribution in [3.63, 3.8) is 0 Å². The maximum Gasteiger partial charge on any atom is 0.258 e. The first-order valence-electron chi connectivity index (χ1n) is 11.2. The van der Waals surface area contributed by atoms with Crippen molar-refractivity contribution >= 4 is 29.8 Å². The van der Waals surface area contributed by atoms with E-state index in [0.29, 0.717) is 16.2 Å². The van der Waals surface area contributed by atoms with E-state index in [1.54, 1.807) is 12.1 Å². The Morgan fingerprint density at radius 3 is 2.63 bits per heavy atom. The summed E-state index contributed by atoms with van der Waals surface area (Å²) >= 11 is 5.98. The van der Waals surface area contributed by atoms with Gasteiger partial charge in [-0.3, -0.25) is 19.4 Å². The Hall–Kier alpha value is -3.52. The second-order valence-corrected chi connectivity index (χ2v) is 8.31. The van der Waals surface area contributed by atoms with Gasteiger partial charge in [-0.2, -0.15) is 5.06 Å². The lowest BCUT2D eigenvalue weighted by atomic mass is 10.1. The number of rotatable bonds is 14. The third kappa shape index (κ3) is 7.99. The van der Waals surface area contributed by atoms with Crippen molar-refractivity contribution in [2.24, 2.45) is 0 Å². The highest BCUT2D eigenvalue weighted by Gasteiger charge is 2.25. The second kappa shape index (κ2) is 13.9.